The number of amides is 3. The van der Waals surface area contributed by atoms with Crippen molar-refractivity contribution in [1.29, 1.82) is 0 Å². The number of hydrogen-bond donors (Lipinski definition) is 1. The zero-order valence-electron chi connectivity index (χ0n) is 20.0. The molecule has 188 valence electrons. The molecule has 1 aromatic carbocycles. The maximum absolute atomic E-state index is 13.3. The third kappa shape index (κ3) is 4.66. The molecule has 5 rings (SSSR count). The summed E-state index contributed by atoms with van der Waals surface area (Å²) in [6.07, 6.45) is 2.91. The van der Waals surface area contributed by atoms with Gasteiger partial charge in [0.25, 0.3) is 11.8 Å². The van der Waals surface area contributed by atoms with Gasteiger partial charge in [-0.05, 0) is 37.1 Å². The number of methoxy groups -OCH3 is 2. The lowest BCUT2D eigenvalue weighted by molar-refractivity contribution is -0.134. The maximum atomic E-state index is 13.3. The molecule has 1 aliphatic heterocycles. The molecule has 1 N–H and O–H groups in total. The van der Waals surface area contributed by atoms with Gasteiger partial charge in [-0.3, -0.25) is 19.7 Å². The Morgan fingerprint density at radius 2 is 1.75 bits per heavy atom. The number of aryl methyl sites for hydroxylation is 1. The van der Waals surface area contributed by atoms with Gasteiger partial charge in [-0.1, -0.05) is 0 Å². The predicted octanol–water partition coefficient (Wildman–Crippen LogP) is 3.02. The van der Waals surface area contributed by atoms with E-state index in [0.717, 1.165) is 17.0 Å². The van der Waals surface area contributed by atoms with Crippen molar-refractivity contribution in [3.8, 4) is 11.5 Å². The van der Waals surface area contributed by atoms with Crippen LogP contribution in [0.3, 0.4) is 0 Å². The average Bonchev–Trinajstić information content (AvgIpc) is 3.66. The zero-order chi connectivity index (χ0) is 25.2. The molecule has 1 fully saturated rings. The predicted molar refractivity (Wildman–Crippen MR) is 132 cm³/mol. The van der Waals surface area contributed by atoms with E-state index in [1.54, 1.807) is 40.1 Å². The van der Waals surface area contributed by atoms with Crippen molar-refractivity contribution in [2.45, 2.75) is 18.8 Å². The summed E-state index contributed by atoms with van der Waals surface area (Å²) in [6.45, 7) is 1.82. The first-order valence-corrected chi connectivity index (χ1v) is 12.4. The highest BCUT2D eigenvalue weighted by Crippen LogP contribution is 2.39. The maximum Gasteiger partial charge on any atom is 0.289 e. The summed E-state index contributed by atoms with van der Waals surface area (Å²) in [6, 6.07) is 8.27. The first kappa shape index (κ1) is 23.9. The monoisotopic (exact) mass is 510 g/mol. The molecule has 3 heterocycles. The Morgan fingerprint density at radius 1 is 1.06 bits per heavy atom. The molecule has 3 amide bonds. The molecule has 3 aromatic rings. The minimum absolute atomic E-state index is 0.0135. The average molecular weight is 511 g/mol. The summed E-state index contributed by atoms with van der Waals surface area (Å²) in [5.74, 6) is 0.504. The van der Waals surface area contributed by atoms with Crippen LogP contribution in [0.1, 0.15) is 43.8 Å². The van der Waals surface area contributed by atoms with Crippen molar-refractivity contribution in [3.05, 3.63) is 58.5 Å². The number of carbonyl (C=O) groups is 3. The Hall–Kier alpha value is -3.86. The lowest BCUT2D eigenvalue weighted by Gasteiger charge is -2.35. The summed E-state index contributed by atoms with van der Waals surface area (Å²) in [7, 11) is 3.05. The highest BCUT2D eigenvalue weighted by molar-refractivity contribution is 7.16. The van der Waals surface area contributed by atoms with Gasteiger partial charge in [-0.25, -0.2) is 4.98 Å². The van der Waals surface area contributed by atoms with Gasteiger partial charge in [-0.2, -0.15) is 0 Å². The number of nitrogens with one attached hydrogen (secondary N) is 1. The van der Waals surface area contributed by atoms with E-state index < -0.39 is 0 Å². The topological polar surface area (TPSA) is 114 Å². The number of thiazole rings is 1. The molecule has 0 bridgehead atoms. The molecule has 10 nitrogen and oxygen atoms in total. The van der Waals surface area contributed by atoms with Crippen molar-refractivity contribution in [2.24, 2.45) is 0 Å². The molecular weight excluding hydrogens is 484 g/mol. The van der Waals surface area contributed by atoms with E-state index in [9.17, 15) is 14.4 Å². The Bertz CT molecular complexity index is 1260. The number of hydrogen-bond acceptors (Lipinski definition) is 8. The molecular formula is C25H26N4O6S. The largest absolute Gasteiger partial charge is 0.497 e. The summed E-state index contributed by atoms with van der Waals surface area (Å²) >= 11 is 1.40. The van der Waals surface area contributed by atoms with Crippen LogP contribution in [0.4, 0.5) is 5.13 Å². The van der Waals surface area contributed by atoms with E-state index in [1.165, 1.54) is 31.8 Å². The van der Waals surface area contributed by atoms with Crippen LogP contribution >= 0.6 is 11.3 Å². The number of anilines is 1. The van der Waals surface area contributed by atoms with Crippen molar-refractivity contribution < 1.29 is 28.3 Å². The van der Waals surface area contributed by atoms with Crippen LogP contribution in [0.2, 0.25) is 0 Å². The van der Waals surface area contributed by atoms with E-state index in [-0.39, 0.29) is 23.6 Å². The Balaban J connectivity index is 1.23. The molecule has 1 unspecified atom stereocenters. The van der Waals surface area contributed by atoms with Crippen molar-refractivity contribution >= 4 is 34.2 Å². The number of benzene rings is 1. The van der Waals surface area contributed by atoms with E-state index in [4.69, 9.17) is 13.9 Å². The van der Waals surface area contributed by atoms with Crippen LogP contribution in [-0.4, -0.2) is 72.9 Å². The number of ether oxygens (including phenoxy) is 2. The lowest BCUT2D eigenvalue weighted by atomic mass is 10.1. The van der Waals surface area contributed by atoms with Gasteiger partial charge < -0.3 is 23.7 Å². The first-order valence-electron chi connectivity index (χ1n) is 11.6. The molecule has 2 aliphatic rings. The van der Waals surface area contributed by atoms with Crippen molar-refractivity contribution in [3.63, 3.8) is 0 Å². The molecule has 0 spiro atoms. The molecule has 0 radical (unpaired) electrons. The standard InChI is InChI=1S/C25H26N4O6S/c1-33-16-12-15(13-17(14-16)34-2)22(30)27-25-26-21-18(5-6-20(21)36-25)23(31)28-7-9-29(10-8-28)24(32)19-4-3-11-35-19/h3-4,11-14,18H,5-10H2,1-2H3,(H,26,27,30). The lowest BCUT2D eigenvalue weighted by Crippen LogP contribution is -2.51. The third-order valence-electron chi connectivity index (χ3n) is 6.46. The fraction of sp³-hybridized carbons (Fsp3) is 0.360. The second kappa shape index (κ2) is 10.0. The summed E-state index contributed by atoms with van der Waals surface area (Å²) in [5, 5.41) is 3.30. The van der Waals surface area contributed by atoms with Gasteiger partial charge in [0, 0.05) is 42.7 Å². The number of rotatable bonds is 6. The molecule has 11 heteroatoms. The number of carbonyl (C=O) groups excluding carboxylic acids is 3. The number of piperazine rings is 1. The van der Waals surface area contributed by atoms with E-state index in [0.29, 0.717) is 60.6 Å². The Morgan fingerprint density at radius 3 is 2.39 bits per heavy atom. The van der Waals surface area contributed by atoms with Crippen LogP contribution < -0.4 is 14.8 Å². The molecule has 1 saturated heterocycles. The fourth-order valence-corrected chi connectivity index (χ4v) is 5.57. The fourth-order valence-electron chi connectivity index (χ4n) is 4.54. The van der Waals surface area contributed by atoms with Crippen molar-refractivity contribution in [1.82, 2.24) is 14.8 Å². The number of furan rings is 1. The zero-order valence-corrected chi connectivity index (χ0v) is 20.8. The second-order valence-electron chi connectivity index (χ2n) is 8.57. The number of nitrogens with zero attached hydrogens (tertiary/aromatic N) is 3. The van der Waals surface area contributed by atoms with Gasteiger partial charge >= 0.3 is 0 Å². The summed E-state index contributed by atoms with van der Waals surface area (Å²) < 4.78 is 15.7. The van der Waals surface area contributed by atoms with Gasteiger partial charge in [0.15, 0.2) is 10.9 Å². The molecule has 36 heavy (non-hydrogen) atoms. The second-order valence-corrected chi connectivity index (χ2v) is 9.65. The first-order chi connectivity index (χ1) is 17.5. The summed E-state index contributed by atoms with van der Waals surface area (Å²) in [4.78, 5) is 47.8. The smallest absolute Gasteiger partial charge is 0.289 e. The van der Waals surface area contributed by atoms with Gasteiger partial charge in [0.2, 0.25) is 5.91 Å². The SMILES string of the molecule is COc1cc(OC)cc(C(=O)Nc2nc3c(s2)CCC3C(=O)N2CCN(C(=O)c3ccco3)CC2)c1. The van der Waals surface area contributed by atoms with Crippen LogP contribution in [-0.2, 0) is 11.2 Å². The molecule has 1 atom stereocenters. The van der Waals surface area contributed by atoms with Crippen LogP contribution in [0, 0.1) is 0 Å². The molecule has 0 saturated carbocycles. The quantitative estimate of drug-likeness (QED) is 0.542. The van der Waals surface area contributed by atoms with Crippen LogP contribution in [0.25, 0.3) is 0 Å². The van der Waals surface area contributed by atoms with Gasteiger partial charge in [0.05, 0.1) is 32.1 Å². The highest BCUT2D eigenvalue weighted by Gasteiger charge is 2.37. The summed E-state index contributed by atoms with van der Waals surface area (Å²) in [5.41, 5.74) is 1.12. The van der Waals surface area contributed by atoms with E-state index >= 15 is 0 Å². The van der Waals surface area contributed by atoms with Crippen LogP contribution in [0.5, 0.6) is 11.5 Å². The van der Waals surface area contributed by atoms with E-state index in [2.05, 4.69) is 10.3 Å². The number of fused-ring (bicyclic) bond motifs is 1. The number of aromatic nitrogens is 1. The third-order valence-corrected chi connectivity index (χ3v) is 7.51. The minimum Gasteiger partial charge on any atom is -0.497 e. The highest BCUT2D eigenvalue weighted by atomic mass is 32.1. The normalized spacial score (nSPS) is 17.0. The van der Waals surface area contributed by atoms with Crippen molar-refractivity contribution in [2.75, 3.05) is 45.7 Å². The molecule has 2 aromatic heterocycles. The molecule has 1 aliphatic carbocycles. The Kier molecular flexibility index (Phi) is 6.64. The van der Waals surface area contributed by atoms with Gasteiger partial charge in [0.1, 0.15) is 11.5 Å². The Labute approximate surface area is 211 Å². The van der Waals surface area contributed by atoms with Crippen LogP contribution in [0.15, 0.2) is 41.0 Å². The minimum atomic E-state index is -0.342. The van der Waals surface area contributed by atoms with E-state index in [1.807, 2.05) is 0 Å². The van der Waals surface area contributed by atoms with Gasteiger partial charge in [-0.15, -0.1) is 11.3 Å².